The molecule has 2 aliphatic heterocycles. The second-order valence-electron chi connectivity index (χ2n) is 7.49. The lowest BCUT2D eigenvalue weighted by molar-refractivity contribution is -0.119. The summed E-state index contributed by atoms with van der Waals surface area (Å²) in [6.07, 6.45) is 3.80. The van der Waals surface area contributed by atoms with Crippen molar-refractivity contribution >= 4 is 17.5 Å². The van der Waals surface area contributed by atoms with Gasteiger partial charge >= 0.3 is 0 Å². The first-order valence-electron chi connectivity index (χ1n) is 10.1. The van der Waals surface area contributed by atoms with Crippen LogP contribution in [0, 0.1) is 0 Å². The molecule has 0 saturated heterocycles. The lowest BCUT2D eigenvalue weighted by Gasteiger charge is -2.35. The van der Waals surface area contributed by atoms with Gasteiger partial charge in [0.15, 0.2) is 11.5 Å². The summed E-state index contributed by atoms with van der Waals surface area (Å²) < 4.78 is 10.6. The summed E-state index contributed by atoms with van der Waals surface area (Å²) in [5.41, 5.74) is 5.04. The van der Waals surface area contributed by atoms with Crippen molar-refractivity contribution in [3.05, 3.63) is 52.6 Å². The van der Waals surface area contributed by atoms with Gasteiger partial charge in [-0.2, -0.15) is 0 Å². The van der Waals surface area contributed by atoms with Crippen LogP contribution in [0.3, 0.4) is 0 Å². The first-order chi connectivity index (χ1) is 14.1. The maximum atomic E-state index is 12.7. The Hall–Kier alpha value is -3.02. The largest absolute Gasteiger partial charge is 0.493 e. The zero-order chi connectivity index (χ0) is 20.4. The van der Waals surface area contributed by atoms with E-state index in [1.54, 1.807) is 14.2 Å². The van der Waals surface area contributed by atoms with Gasteiger partial charge in [0.2, 0.25) is 5.91 Å². The van der Waals surface area contributed by atoms with E-state index in [0.29, 0.717) is 42.9 Å². The molecular weight excluding hydrogens is 368 g/mol. The molecule has 0 bridgehead atoms. The molecule has 2 amide bonds. The Bertz CT molecular complexity index is 937. The lowest BCUT2D eigenvalue weighted by Crippen LogP contribution is -2.39. The molecule has 0 atom stereocenters. The number of nitrogens with zero attached hydrogens (tertiary/aromatic N) is 1. The predicted octanol–water partition coefficient (Wildman–Crippen LogP) is 2.90. The number of nitrogens with one attached hydrogen (secondary N) is 1. The van der Waals surface area contributed by atoms with E-state index in [1.165, 1.54) is 0 Å². The van der Waals surface area contributed by atoms with E-state index in [9.17, 15) is 9.59 Å². The molecule has 2 aromatic carbocycles. The normalized spacial score (nSPS) is 15.0. The first kappa shape index (κ1) is 19.3. The molecule has 2 heterocycles. The van der Waals surface area contributed by atoms with Crippen LogP contribution < -0.4 is 19.7 Å². The lowest BCUT2D eigenvalue weighted by atomic mass is 9.89. The summed E-state index contributed by atoms with van der Waals surface area (Å²) in [7, 11) is 3.22. The van der Waals surface area contributed by atoms with Crippen molar-refractivity contribution in [3.8, 4) is 11.5 Å². The highest BCUT2D eigenvalue weighted by Crippen LogP contribution is 2.36. The van der Waals surface area contributed by atoms with Gasteiger partial charge in [0.05, 0.1) is 19.9 Å². The molecule has 0 aliphatic carbocycles. The molecule has 0 unspecified atom stereocenters. The molecule has 4 rings (SSSR count). The summed E-state index contributed by atoms with van der Waals surface area (Å²) in [6, 6.07) is 9.68. The van der Waals surface area contributed by atoms with Crippen molar-refractivity contribution in [3.63, 3.8) is 0 Å². The van der Waals surface area contributed by atoms with Crippen molar-refractivity contribution in [1.29, 1.82) is 0 Å². The SMILES string of the molecule is COc1ccc(CCNC(=O)c2cc3c4c(c2)CCC(=O)N4CCC3)cc1OC. The van der Waals surface area contributed by atoms with Crippen LogP contribution in [0.2, 0.25) is 0 Å². The van der Waals surface area contributed by atoms with E-state index in [4.69, 9.17) is 9.47 Å². The summed E-state index contributed by atoms with van der Waals surface area (Å²) in [5.74, 6) is 1.50. The third-order valence-electron chi connectivity index (χ3n) is 5.68. The summed E-state index contributed by atoms with van der Waals surface area (Å²) in [5, 5.41) is 3.02. The highest BCUT2D eigenvalue weighted by molar-refractivity contribution is 6.00. The third kappa shape index (κ3) is 3.79. The fourth-order valence-electron chi connectivity index (χ4n) is 4.24. The molecule has 0 radical (unpaired) electrons. The Kier molecular flexibility index (Phi) is 5.43. The minimum absolute atomic E-state index is 0.0708. The molecular formula is C23H26N2O4. The van der Waals surface area contributed by atoms with Gasteiger partial charge in [-0.15, -0.1) is 0 Å². The molecule has 2 aliphatic rings. The molecule has 0 saturated carbocycles. The summed E-state index contributed by atoms with van der Waals surface area (Å²) in [4.78, 5) is 26.8. The molecule has 2 aromatic rings. The van der Waals surface area contributed by atoms with Crippen LogP contribution in [-0.4, -0.2) is 39.1 Å². The van der Waals surface area contributed by atoms with Gasteiger partial charge in [0.25, 0.3) is 5.91 Å². The van der Waals surface area contributed by atoms with Crippen molar-refractivity contribution in [2.75, 3.05) is 32.2 Å². The molecule has 29 heavy (non-hydrogen) atoms. The number of hydrogen-bond donors (Lipinski definition) is 1. The van der Waals surface area contributed by atoms with Crippen LogP contribution in [-0.2, 0) is 24.1 Å². The van der Waals surface area contributed by atoms with Crippen LogP contribution in [0.1, 0.15) is 39.9 Å². The Morgan fingerprint density at radius 1 is 1.03 bits per heavy atom. The number of hydrogen-bond acceptors (Lipinski definition) is 4. The highest BCUT2D eigenvalue weighted by atomic mass is 16.5. The smallest absolute Gasteiger partial charge is 0.251 e. The monoisotopic (exact) mass is 394 g/mol. The van der Waals surface area contributed by atoms with Crippen LogP contribution in [0.5, 0.6) is 11.5 Å². The van der Waals surface area contributed by atoms with E-state index in [2.05, 4.69) is 5.32 Å². The number of benzene rings is 2. The number of methoxy groups -OCH3 is 2. The fourth-order valence-corrected chi connectivity index (χ4v) is 4.24. The molecule has 0 spiro atoms. The van der Waals surface area contributed by atoms with E-state index >= 15 is 0 Å². The minimum atomic E-state index is -0.0708. The Morgan fingerprint density at radius 2 is 1.79 bits per heavy atom. The highest BCUT2D eigenvalue weighted by Gasteiger charge is 2.30. The molecule has 0 fully saturated rings. The van der Waals surface area contributed by atoms with Gasteiger partial charge in [-0.3, -0.25) is 9.59 Å². The van der Waals surface area contributed by atoms with Gasteiger partial charge in [-0.1, -0.05) is 6.07 Å². The Labute approximate surface area is 170 Å². The van der Waals surface area contributed by atoms with Crippen LogP contribution in [0.15, 0.2) is 30.3 Å². The van der Waals surface area contributed by atoms with E-state index in [-0.39, 0.29) is 11.8 Å². The molecule has 6 nitrogen and oxygen atoms in total. The van der Waals surface area contributed by atoms with Gasteiger partial charge in [-0.25, -0.2) is 0 Å². The number of rotatable bonds is 6. The van der Waals surface area contributed by atoms with Crippen molar-refractivity contribution in [1.82, 2.24) is 5.32 Å². The van der Waals surface area contributed by atoms with Gasteiger partial charge in [-0.05, 0) is 66.6 Å². The average Bonchev–Trinajstić information content (AvgIpc) is 2.75. The van der Waals surface area contributed by atoms with Crippen molar-refractivity contribution < 1.29 is 19.1 Å². The van der Waals surface area contributed by atoms with E-state index < -0.39 is 0 Å². The number of carbonyl (C=O) groups excluding carboxylic acids is 2. The third-order valence-corrected chi connectivity index (χ3v) is 5.68. The van der Waals surface area contributed by atoms with E-state index in [1.807, 2.05) is 35.2 Å². The number of anilines is 1. The van der Waals surface area contributed by atoms with Gasteiger partial charge in [0, 0.05) is 25.1 Å². The Morgan fingerprint density at radius 3 is 2.55 bits per heavy atom. The average molecular weight is 394 g/mol. The maximum absolute atomic E-state index is 12.7. The zero-order valence-electron chi connectivity index (χ0n) is 16.9. The van der Waals surface area contributed by atoms with Gasteiger partial charge in [0.1, 0.15) is 0 Å². The minimum Gasteiger partial charge on any atom is -0.493 e. The Balaban J connectivity index is 1.44. The first-order valence-corrected chi connectivity index (χ1v) is 10.1. The molecule has 6 heteroatoms. The van der Waals surface area contributed by atoms with Crippen molar-refractivity contribution in [2.45, 2.75) is 32.1 Å². The predicted molar refractivity (Wildman–Crippen MR) is 111 cm³/mol. The van der Waals surface area contributed by atoms with Gasteiger partial charge < -0.3 is 19.7 Å². The van der Waals surface area contributed by atoms with Crippen LogP contribution in [0.25, 0.3) is 0 Å². The quantitative estimate of drug-likeness (QED) is 0.818. The number of amides is 2. The van der Waals surface area contributed by atoms with Crippen LogP contribution >= 0.6 is 0 Å². The topological polar surface area (TPSA) is 67.9 Å². The van der Waals surface area contributed by atoms with E-state index in [0.717, 1.165) is 41.8 Å². The standard InChI is InChI=1S/C23H26N2O4/c1-28-19-7-5-15(12-20(19)29-2)9-10-24-23(27)18-13-16-4-3-11-25-21(26)8-6-17(14-18)22(16)25/h5,7,12-14H,3-4,6,8-11H2,1-2H3,(H,24,27). The van der Waals surface area contributed by atoms with Crippen molar-refractivity contribution in [2.24, 2.45) is 0 Å². The summed E-state index contributed by atoms with van der Waals surface area (Å²) in [6.45, 7) is 1.32. The fraction of sp³-hybridized carbons (Fsp3) is 0.391. The number of ether oxygens (including phenoxy) is 2. The van der Waals surface area contributed by atoms with Crippen LogP contribution in [0.4, 0.5) is 5.69 Å². The number of aryl methyl sites for hydroxylation is 2. The second kappa shape index (κ2) is 8.15. The number of carbonyl (C=O) groups is 2. The second-order valence-corrected chi connectivity index (χ2v) is 7.49. The maximum Gasteiger partial charge on any atom is 0.251 e. The molecule has 1 N–H and O–H groups in total. The molecule has 152 valence electrons. The summed E-state index contributed by atoms with van der Waals surface area (Å²) >= 11 is 0. The zero-order valence-corrected chi connectivity index (χ0v) is 16.9. The molecule has 0 aromatic heterocycles.